The number of carbonyl (C=O) groups is 1. The van der Waals surface area contributed by atoms with Gasteiger partial charge in [-0.05, 0) is 64.2 Å². The number of rotatable bonds is 6. The maximum atomic E-state index is 14.4. The molecular weight excluding hydrogens is 357 g/mol. The second-order valence-electron chi connectivity index (χ2n) is 8.56. The number of carbonyl (C=O) groups excluding carboxylic acids is 1. The van der Waals surface area contributed by atoms with Crippen LogP contribution in [0.25, 0.3) is 0 Å². The first kappa shape index (κ1) is 19.6. The van der Waals surface area contributed by atoms with Gasteiger partial charge in [-0.2, -0.15) is 0 Å². The molecule has 4 rings (SSSR count). The smallest absolute Gasteiger partial charge is 0.224 e. The van der Waals surface area contributed by atoms with E-state index in [1.807, 2.05) is 12.1 Å². The van der Waals surface area contributed by atoms with Crippen molar-refractivity contribution in [3.8, 4) is 5.75 Å². The quantitative estimate of drug-likeness (QED) is 0.813. The highest BCUT2D eigenvalue weighted by Gasteiger charge is 2.33. The number of nitrogens with one attached hydrogen (secondary N) is 1. The summed E-state index contributed by atoms with van der Waals surface area (Å²) in [4.78, 5) is 17.3. The molecule has 1 aromatic carbocycles. The molecule has 1 N–H and O–H groups in total. The van der Waals surface area contributed by atoms with Crippen molar-refractivity contribution in [2.75, 3.05) is 33.3 Å². The monoisotopic (exact) mass is 389 g/mol. The molecule has 3 fully saturated rings. The van der Waals surface area contributed by atoms with Gasteiger partial charge in [0.05, 0.1) is 13.0 Å². The summed E-state index contributed by atoms with van der Waals surface area (Å²) in [5.74, 6) is 0.486. The van der Waals surface area contributed by atoms with Gasteiger partial charge in [0.1, 0.15) is 0 Å². The van der Waals surface area contributed by atoms with Crippen LogP contribution in [0.5, 0.6) is 5.75 Å². The van der Waals surface area contributed by atoms with E-state index in [0.29, 0.717) is 29.9 Å². The van der Waals surface area contributed by atoms with Gasteiger partial charge in [-0.1, -0.05) is 12.1 Å². The van der Waals surface area contributed by atoms with Gasteiger partial charge in [0.2, 0.25) is 5.91 Å². The lowest BCUT2D eigenvalue weighted by molar-refractivity contribution is -0.127. The molecule has 154 valence electrons. The van der Waals surface area contributed by atoms with E-state index in [-0.39, 0.29) is 17.6 Å². The Labute approximate surface area is 167 Å². The number of halogens is 1. The lowest BCUT2D eigenvalue weighted by Gasteiger charge is -2.42. The number of hydrogen-bond acceptors (Lipinski definition) is 4. The summed E-state index contributed by atoms with van der Waals surface area (Å²) in [6, 6.07) is 6.35. The molecule has 2 aliphatic heterocycles. The van der Waals surface area contributed by atoms with Crippen LogP contribution >= 0.6 is 0 Å². The first-order valence-electron chi connectivity index (χ1n) is 10.7. The number of methoxy groups -OCH3 is 1. The first-order valence-corrected chi connectivity index (χ1v) is 10.7. The zero-order chi connectivity index (χ0) is 19.5. The Balaban J connectivity index is 1.27. The molecule has 0 spiro atoms. The molecular formula is C22H32FN3O2. The van der Waals surface area contributed by atoms with Gasteiger partial charge in [-0.3, -0.25) is 14.6 Å². The van der Waals surface area contributed by atoms with Gasteiger partial charge in [0.15, 0.2) is 11.6 Å². The number of ether oxygens (including phenoxy) is 1. The Morgan fingerprint density at radius 1 is 1.18 bits per heavy atom. The molecule has 0 unspecified atom stereocenters. The highest BCUT2D eigenvalue weighted by Crippen LogP contribution is 2.27. The summed E-state index contributed by atoms with van der Waals surface area (Å²) >= 11 is 0. The van der Waals surface area contributed by atoms with E-state index in [2.05, 4.69) is 15.1 Å². The second kappa shape index (κ2) is 8.78. The van der Waals surface area contributed by atoms with Crippen LogP contribution in [0.1, 0.15) is 44.1 Å². The van der Waals surface area contributed by atoms with Gasteiger partial charge >= 0.3 is 0 Å². The van der Waals surface area contributed by atoms with Gasteiger partial charge in [0, 0.05) is 30.7 Å². The Morgan fingerprint density at radius 3 is 2.68 bits per heavy atom. The van der Waals surface area contributed by atoms with Crippen molar-refractivity contribution in [1.82, 2.24) is 15.1 Å². The number of hydrogen-bond donors (Lipinski definition) is 1. The minimum absolute atomic E-state index is 0.151. The molecule has 2 heterocycles. The van der Waals surface area contributed by atoms with Crippen molar-refractivity contribution in [2.45, 2.75) is 57.2 Å². The van der Waals surface area contributed by atoms with Crippen LogP contribution in [0, 0.1) is 11.7 Å². The number of amides is 1. The molecule has 3 aliphatic rings. The Hall–Kier alpha value is -1.66. The number of benzene rings is 1. The van der Waals surface area contributed by atoms with Crippen LogP contribution in [-0.4, -0.2) is 61.1 Å². The number of likely N-dealkylation sites (tertiary alicyclic amines) is 2. The average molecular weight is 390 g/mol. The number of piperidine rings is 2. The van der Waals surface area contributed by atoms with Crippen LogP contribution in [0.3, 0.4) is 0 Å². The zero-order valence-electron chi connectivity index (χ0n) is 16.8. The lowest BCUT2D eigenvalue weighted by Crippen LogP contribution is -2.50. The molecule has 1 saturated carbocycles. The molecule has 1 aliphatic carbocycles. The molecule has 28 heavy (non-hydrogen) atoms. The minimum Gasteiger partial charge on any atom is -0.494 e. The molecule has 0 radical (unpaired) electrons. The van der Waals surface area contributed by atoms with E-state index in [1.165, 1.54) is 7.11 Å². The zero-order valence-corrected chi connectivity index (χ0v) is 16.8. The van der Waals surface area contributed by atoms with Crippen molar-refractivity contribution in [3.05, 3.63) is 29.6 Å². The lowest BCUT2D eigenvalue weighted by atomic mass is 9.93. The Bertz CT molecular complexity index is 686. The van der Waals surface area contributed by atoms with Crippen LogP contribution in [-0.2, 0) is 11.3 Å². The third-order valence-electron chi connectivity index (χ3n) is 6.48. The highest BCUT2D eigenvalue weighted by atomic mass is 19.1. The Kier molecular flexibility index (Phi) is 6.16. The largest absolute Gasteiger partial charge is 0.494 e. The van der Waals surface area contributed by atoms with E-state index in [1.54, 1.807) is 6.07 Å². The summed E-state index contributed by atoms with van der Waals surface area (Å²) in [7, 11) is 1.50. The summed E-state index contributed by atoms with van der Waals surface area (Å²) in [6.07, 6.45) is 6.59. The van der Waals surface area contributed by atoms with Crippen molar-refractivity contribution < 1.29 is 13.9 Å². The fraction of sp³-hybridized carbons (Fsp3) is 0.682. The average Bonchev–Trinajstić information content (AvgIpc) is 3.54. The standard InChI is InChI=1S/C22H32FN3O2/c1-28-20-6-2-4-16(21(20)23)14-25-12-9-19(10-13-25)26-11-3-5-17(15-26)22(27)24-18-7-8-18/h2,4,6,17-19H,3,5,7-15H2,1H3,(H,24,27)/t17-/m1/s1. The van der Waals surface area contributed by atoms with E-state index in [9.17, 15) is 9.18 Å². The summed E-state index contributed by atoms with van der Waals surface area (Å²) in [6.45, 7) is 4.56. The van der Waals surface area contributed by atoms with Gasteiger partial charge in [-0.25, -0.2) is 4.39 Å². The Morgan fingerprint density at radius 2 is 1.96 bits per heavy atom. The molecule has 1 atom stereocenters. The molecule has 1 amide bonds. The van der Waals surface area contributed by atoms with Crippen molar-refractivity contribution >= 4 is 5.91 Å². The van der Waals surface area contributed by atoms with Crippen LogP contribution in [0.2, 0.25) is 0 Å². The summed E-state index contributed by atoms with van der Waals surface area (Å²) < 4.78 is 19.5. The van der Waals surface area contributed by atoms with E-state index in [4.69, 9.17) is 4.74 Å². The SMILES string of the molecule is COc1cccc(CN2CCC(N3CCC[C@@H](C(=O)NC4CC4)C3)CC2)c1F. The fourth-order valence-electron chi connectivity index (χ4n) is 4.62. The molecule has 0 bridgehead atoms. The third-order valence-corrected chi connectivity index (χ3v) is 6.48. The van der Waals surface area contributed by atoms with Crippen LogP contribution < -0.4 is 10.1 Å². The maximum absolute atomic E-state index is 14.4. The van der Waals surface area contributed by atoms with Crippen molar-refractivity contribution in [2.24, 2.45) is 5.92 Å². The van der Waals surface area contributed by atoms with Crippen LogP contribution in [0.15, 0.2) is 18.2 Å². The molecule has 5 nitrogen and oxygen atoms in total. The molecule has 2 saturated heterocycles. The predicted octanol–water partition coefficient (Wildman–Crippen LogP) is 2.79. The van der Waals surface area contributed by atoms with E-state index in [0.717, 1.165) is 64.7 Å². The normalized spacial score (nSPS) is 24.9. The number of nitrogens with zero attached hydrogens (tertiary/aromatic N) is 2. The fourth-order valence-corrected chi connectivity index (χ4v) is 4.62. The summed E-state index contributed by atoms with van der Waals surface area (Å²) in [5, 5.41) is 3.18. The minimum atomic E-state index is -0.243. The van der Waals surface area contributed by atoms with E-state index >= 15 is 0 Å². The first-order chi connectivity index (χ1) is 13.6. The molecule has 6 heteroatoms. The predicted molar refractivity (Wildman–Crippen MR) is 107 cm³/mol. The highest BCUT2D eigenvalue weighted by molar-refractivity contribution is 5.79. The van der Waals surface area contributed by atoms with Crippen molar-refractivity contribution in [3.63, 3.8) is 0 Å². The van der Waals surface area contributed by atoms with Crippen LogP contribution in [0.4, 0.5) is 4.39 Å². The maximum Gasteiger partial charge on any atom is 0.224 e. The summed E-state index contributed by atoms with van der Waals surface area (Å²) in [5.41, 5.74) is 0.701. The third kappa shape index (κ3) is 4.66. The van der Waals surface area contributed by atoms with Gasteiger partial charge in [0.25, 0.3) is 0 Å². The van der Waals surface area contributed by atoms with E-state index < -0.39 is 0 Å². The topological polar surface area (TPSA) is 44.8 Å². The van der Waals surface area contributed by atoms with Gasteiger partial charge in [-0.15, -0.1) is 0 Å². The molecule has 1 aromatic rings. The second-order valence-corrected chi connectivity index (χ2v) is 8.56. The van der Waals surface area contributed by atoms with Gasteiger partial charge < -0.3 is 10.1 Å². The molecule has 0 aromatic heterocycles. The van der Waals surface area contributed by atoms with Crippen molar-refractivity contribution in [1.29, 1.82) is 0 Å².